The highest BCUT2D eigenvalue weighted by Gasteiger charge is 2.34. The van der Waals surface area contributed by atoms with Gasteiger partial charge in [0.05, 0.1) is 23.4 Å². The van der Waals surface area contributed by atoms with E-state index in [0.717, 1.165) is 5.56 Å². The van der Waals surface area contributed by atoms with Crippen LogP contribution >= 0.6 is 0 Å². The van der Waals surface area contributed by atoms with Crippen LogP contribution in [0, 0.1) is 0 Å². The van der Waals surface area contributed by atoms with Crippen molar-refractivity contribution in [2.45, 2.75) is 26.4 Å². The first-order valence-corrected chi connectivity index (χ1v) is 11.8. The molecule has 0 aliphatic carbocycles. The summed E-state index contributed by atoms with van der Waals surface area (Å²) in [5.41, 5.74) is 5.56. The maximum Gasteiger partial charge on any atom is 0.354 e. The Hall–Kier alpha value is -4.46. The second kappa shape index (κ2) is 11.8. The normalized spacial score (nSPS) is 12.9. The number of anilines is 1. The number of amides is 2. The summed E-state index contributed by atoms with van der Waals surface area (Å²) in [5, 5.41) is 4.26. The molecular formula is C28H27N3O5. The van der Waals surface area contributed by atoms with Crippen molar-refractivity contribution in [3.8, 4) is 5.75 Å². The fraction of sp³-hybridized carbons (Fsp3) is 0.214. The van der Waals surface area contributed by atoms with Gasteiger partial charge in [-0.2, -0.15) is 5.10 Å². The van der Waals surface area contributed by atoms with Crippen LogP contribution in [0.4, 0.5) is 5.69 Å². The molecule has 36 heavy (non-hydrogen) atoms. The average molecular weight is 486 g/mol. The first kappa shape index (κ1) is 24.7. The number of ether oxygens (including phenoxy) is 2. The first-order valence-electron chi connectivity index (χ1n) is 11.8. The standard InChI is InChI=1S/C28H27N3O5/c1-2-35-28(34)25(16-9-17-31-26(32)23-14-6-7-15-24(23)27(31)33)30-29-21-12-8-13-22(18-21)36-19-20-10-4-3-5-11-20/h3-8,10-15,18,29H,2,9,16-17,19H2,1H3/b30-25-. The Morgan fingerprint density at radius 1 is 0.917 bits per heavy atom. The predicted molar refractivity (Wildman–Crippen MR) is 136 cm³/mol. The summed E-state index contributed by atoms with van der Waals surface area (Å²) in [6.45, 7) is 2.53. The SMILES string of the molecule is CCOC(=O)/C(CCCN1C(=O)c2ccccc2C1=O)=N\Nc1cccc(OCc2ccccc2)c1. The number of hydrogen-bond acceptors (Lipinski definition) is 7. The Bertz CT molecular complexity index is 1240. The van der Waals surface area contributed by atoms with Gasteiger partial charge < -0.3 is 9.47 Å². The lowest BCUT2D eigenvalue weighted by atomic mass is 10.1. The van der Waals surface area contributed by atoms with Crippen molar-refractivity contribution in [1.29, 1.82) is 0 Å². The van der Waals surface area contributed by atoms with Crippen LogP contribution in [-0.4, -0.2) is 41.5 Å². The average Bonchev–Trinajstić information content (AvgIpc) is 3.15. The van der Waals surface area contributed by atoms with Gasteiger partial charge >= 0.3 is 5.97 Å². The molecule has 3 aromatic rings. The molecule has 3 aromatic carbocycles. The highest BCUT2D eigenvalue weighted by Crippen LogP contribution is 2.23. The van der Waals surface area contributed by atoms with E-state index in [1.807, 2.05) is 42.5 Å². The number of imide groups is 1. The van der Waals surface area contributed by atoms with Crippen molar-refractivity contribution in [2.75, 3.05) is 18.6 Å². The highest BCUT2D eigenvalue weighted by molar-refractivity contribution is 6.36. The molecular weight excluding hydrogens is 458 g/mol. The summed E-state index contributed by atoms with van der Waals surface area (Å²) in [5.74, 6) is -0.544. The van der Waals surface area contributed by atoms with Crippen LogP contribution in [-0.2, 0) is 16.1 Å². The Labute approximate surface area is 209 Å². The number of rotatable bonds is 11. The van der Waals surface area contributed by atoms with Crippen molar-refractivity contribution in [2.24, 2.45) is 5.10 Å². The zero-order valence-electron chi connectivity index (χ0n) is 20.0. The zero-order chi connectivity index (χ0) is 25.3. The maximum absolute atomic E-state index is 12.6. The molecule has 8 heteroatoms. The second-order valence-electron chi connectivity index (χ2n) is 8.10. The molecule has 1 heterocycles. The molecule has 0 saturated heterocycles. The predicted octanol–water partition coefficient (Wildman–Crippen LogP) is 4.67. The second-order valence-corrected chi connectivity index (χ2v) is 8.10. The zero-order valence-corrected chi connectivity index (χ0v) is 20.0. The van der Waals surface area contributed by atoms with Crippen LogP contribution in [0.3, 0.4) is 0 Å². The van der Waals surface area contributed by atoms with Gasteiger partial charge in [0.25, 0.3) is 11.8 Å². The number of esters is 1. The maximum atomic E-state index is 12.6. The van der Waals surface area contributed by atoms with Gasteiger partial charge in [-0.1, -0.05) is 48.5 Å². The van der Waals surface area contributed by atoms with Gasteiger partial charge in [-0.05, 0) is 43.2 Å². The van der Waals surface area contributed by atoms with Gasteiger partial charge in [0, 0.05) is 19.0 Å². The van der Waals surface area contributed by atoms with E-state index in [9.17, 15) is 14.4 Å². The van der Waals surface area contributed by atoms with Crippen molar-refractivity contribution in [3.05, 3.63) is 95.6 Å². The van der Waals surface area contributed by atoms with Crippen LogP contribution < -0.4 is 10.2 Å². The lowest BCUT2D eigenvalue weighted by Gasteiger charge is -2.14. The number of fused-ring (bicyclic) bond motifs is 1. The number of hydrogen-bond donors (Lipinski definition) is 1. The lowest BCUT2D eigenvalue weighted by Crippen LogP contribution is -2.31. The Kier molecular flexibility index (Phi) is 8.08. The minimum atomic E-state index is -0.552. The van der Waals surface area contributed by atoms with E-state index in [-0.39, 0.29) is 37.1 Å². The summed E-state index contributed by atoms with van der Waals surface area (Å²) in [4.78, 5) is 38.8. The minimum absolute atomic E-state index is 0.170. The summed E-state index contributed by atoms with van der Waals surface area (Å²) in [7, 11) is 0. The molecule has 0 bridgehead atoms. The Morgan fingerprint density at radius 3 is 2.31 bits per heavy atom. The first-order chi connectivity index (χ1) is 17.6. The number of nitrogens with one attached hydrogen (secondary N) is 1. The molecule has 0 saturated carbocycles. The molecule has 0 radical (unpaired) electrons. The van der Waals surface area contributed by atoms with E-state index < -0.39 is 5.97 Å². The van der Waals surface area contributed by atoms with Crippen molar-refractivity contribution in [1.82, 2.24) is 4.90 Å². The minimum Gasteiger partial charge on any atom is -0.489 e. The number of benzene rings is 3. The molecule has 0 spiro atoms. The Morgan fingerprint density at radius 2 is 1.61 bits per heavy atom. The molecule has 184 valence electrons. The largest absolute Gasteiger partial charge is 0.489 e. The third-order valence-corrected chi connectivity index (χ3v) is 5.59. The third kappa shape index (κ3) is 5.96. The van der Waals surface area contributed by atoms with E-state index >= 15 is 0 Å². The molecule has 4 rings (SSSR count). The van der Waals surface area contributed by atoms with Crippen LogP contribution in [0.1, 0.15) is 46.0 Å². The third-order valence-electron chi connectivity index (χ3n) is 5.59. The molecule has 8 nitrogen and oxygen atoms in total. The number of carbonyl (C=O) groups is 3. The fourth-order valence-corrected chi connectivity index (χ4v) is 3.79. The van der Waals surface area contributed by atoms with Crippen molar-refractivity contribution < 1.29 is 23.9 Å². The van der Waals surface area contributed by atoms with Crippen molar-refractivity contribution >= 4 is 29.2 Å². The van der Waals surface area contributed by atoms with Gasteiger partial charge in [-0.15, -0.1) is 0 Å². The molecule has 1 aliphatic heterocycles. The van der Waals surface area contributed by atoms with Crippen LogP contribution in [0.15, 0.2) is 84.0 Å². The Balaban J connectivity index is 1.37. The van der Waals surface area contributed by atoms with Gasteiger partial charge in [-0.3, -0.25) is 19.9 Å². The van der Waals surface area contributed by atoms with Gasteiger partial charge in [-0.25, -0.2) is 4.79 Å². The number of carbonyl (C=O) groups excluding carboxylic acids is 3. The van der Waals surface area contributed by atoms with Gasteiger partial charge in [0.15, 0.2) is 0 Å². The molecule has 0 fully saturated rings. The molecule has 1 aliphatic rings. The monoisotopic (exact) mass is 485 g/mol. The molecule has 2 amide bonds. The molecule has 1 N–H and O–H groups in total. The summed E-state index contributed by atoms with van der Waals surface area (Å²) < 4.78 is 11.0. The molecule has 0 atom stereocenters. The number of nitrogens with zero attached hydrogens (tertiary/aromatic N) is 2. The number of hydrazone groups is 1. The van der Waals surface area contributed by atoms with Crippen LogP contribution in [0.5, 0.6) is 5.75 Å². The quantitative estimate of drug-likeness (QED) is 0.183. The summed E-state index contributed by atoms with van der Waals surface area (Å²) in [6, 6.07) is 23.8. The van der Waals surface area contributed by atoms with Gasteiger partial charge in [0.1, 0.15) is 18.1 Å². The van der Waals surface area contributed by atoms with E-state index in [0.29, 0.717) is 35.6 Å². The summed E-state index contributed by atoms with van der Waals surface area (Å²) >= 11 is 0. The van der Waals surface area contributed by atoms with E-state index in [4.69, 9.17) is 9.47 Å². The molecule has 0 unspecified atom stereocenters. The van der Waals surface area contributed by atoms with E-state index in [1.54, 1.807) is 43.3 Å². The summed E-state index contributed by atoms with van der Waals surface area (Å²) in [6.07, 6.45) is 0.592. The topological polar surface area (TPSA) is 97.3 Å². The smallest absolute Gasteiger partial charge is 0.354 e. The van der Waals surface area contributed by atoms with E-state index in [2.05, 4.69) is 10.5 Å². The van der Waals surface area contributed by atoms with Crippen LogP contribution in [0.2, 0.25) is 0 Å². The fourth-order valence-electron chi connectivity index (χ4n) is 3.79. The van der Waals surface area contributed by atoms with E-state index in [1.165, 1.54) is 4.90 Å². The molecule has 0 aromatic heterocycles. The van der Waals surface area contributed by atoms with Crippen molar-refractivity contribution in [3.63, 3.8) is 0 Å². The van der Waals surface area contributed by atoms with Crippen LogP contribution in [0.25, 0.3) is 0 Å². The highest BCUT2D eigenvalue weighted by atomic mass is 16.5. The van der Waals surface area contributed by atoms with Gasteiger partial charge in [0.2, 0.25) is 0 Å². The lowest BCUT2D eigenvalue weighted by molar-refractivity contribution is -0.135.